The van der Waals surface area contributed by atoms with E-state index in [4.69, 9.17) is 16.3 Å². The van der Waals surface area contributed by atoms with Gasteiger partial charge in [-0.15, -0.1) is 0 Å². The van der Waals surface area contributed by atoms with Crippen LogP contribution in [0.3, 0.4) is 0 Å². The van der Waals surface area contributed by atoms with Crippen LogP contribution in [-0.4, -0.2) is 43.1 Å². The summed E-state index contributed by atoms with van der Waals surface area (Å²) in [6.45, 7) is 5.31. The number of benzene rings is 2. The number of aryl methyl sites for hydroxylation is 1. The molecule has 1 aliphatic carbocycles. The van der Waals surface area contributed by atoms with Crippen molar-refractivity contribution in [1.82, 2.24) is 15.3 Å². The standard InChI is InChI=1S/C18H22ClNO2.C11H13N3/c1-12-2-4-13(5-3-12)10-20-18(21)15-8-14-9-16(19)6-7-17(14)22-11-15;1-8-12-10-7-5-4-6-9(10)11(13-8)14(2)3/h6-9,12-13H,2-5,10-11H2,1H3,(H,20,21);4-7H,1-3H3. The lowest BCUT2D eigenvalue weighted by molar-refractivity contribution is -0.118. The Morgan fingerprint density at radius 1 is 1.11 bits per heavy atom. The van der Waals surface area contributed by atoms with Gasteiger partial charge in [0.2, 0.25) is 0 Å². The van der Waals surface area contributed by atoms with Crippen molar-refractivity contribution in [2.24, 2.45) is 11.8 Å². The number of rotatable bonds is 4. The highest BCUT2D eigenvalue weighted by Crippen LogP contribution is 2.30. The van der Waals surface area contributed by atoms with Gasteiger partial charge in [0.1, 0.15) is 24.0 Å². The summed E-state index contributed by atoms with van der Waals surface area (Å²) in [6, 6.07) is 13.5. The number of nitrogens with one attached hydrogen (secondary N) is 1. The predicted molar refractivity (Wildman–Crippen MR) is 148 cm³/mol. The first-order valence-electron chi connectivity index (χ1n) is 12.6. The molecular formula is C29H35ClN4O2. The van der Waals surface area contributed by atoms with E-state index in [1.54, 1.807) is 6.07 Å². The zero-order valence-electron chi connectivity index (χ0n) is 21.6. The van der Waals surface area contributed by atoms with Crippen LogP contribution in [0.4, 0.5) is 5.82 Å². The summed E-state index contributed by atoms with van der Waals surface area (Å²) in [4.78, 5) is 23.1. The number of hydrogen-bond acceptors (Lipinski definition) is 5. The van der Waals surface area contributed by atoms with Gasteiger partial charge in [0, 0.05) is 36.6 Å². The number of carbonyl (C=O) groups excluding carboxylic acids is 1. The number of carbonyl (C=O) groups is 1. The zero-order chi connectivity index (χ0) is 25.7. The summed E-state index contributed by atoms with van der Waals surface area (Å²) in [5, 5.41) is 4.81. The van der Waals surface area contributed by atoms with Crippen molar-refractivity contribution in [3.63, 3.8) is 0 Å². The molecule has 0 saturated heterocycles. The quantitative estimate of drug-likeness (QED) is 0.465. The van der Waals surface area contributed by atoms with E-state index in [2.05, 4.69) is 22.2 Å². The van der Waals surface area contributed by atoms with Gasteiger partial charge in [0.25, 0.3) is 5.91 Å². The average Bonchev–Trinajstić information content (AvgIpc) is 2.87. The number of ether oxygens (including phenoxy) is 1. The number of hydrogen-bond donors (Lipinski definition) is 1. The molecule has 0 unspecified atom stereocenters. The van der Waals surface area contributed by atoms with Crippen molar-refractivity contribution in [3.8, 4) is 5.75 Å². The van der Waals surface area contributed by atoms with Gasteiger partial charge in [-0.05, 0) is 68.0 Å². The fourth-order valence-electron chi connectivity index (χ4n) is 4.68. The molecule has 0 radical (unpaired) electrons. The lowest BCUT2D eigenvalue weighted by Crippen LogP contribution is -2.33. The van der Waals surface area contributed by atoms with E-state index in [1.807, 2.05) is 68.4 Å². The molecule has 1 saturated carbocycles. The van der Waals surface area contributed by atoms with Crippen LogP contribution >= 0.6 is 11.6 Å². The number of halogens is 1. The van der Waals surface area contributed by atoms with Crippen LogP contribution in [-0.2, 0) is 4.79 Å². The Kier molecular flexibility index (Phi) is 8.47. The second-order valence-corrected chi connectivity index (χ2v) is 10.4. The molecule has 1 aliphatic heterocycles. The normalized spacial score (nSPS) is 18.8. The third kappa shape index (κ3) is 6.55. The van der Waals surface area contributed by atoms with E-state index in [0.29, 0.717) is 23.1 Å². The summed E-state index contributed by atoms with van der Waals surface area (Å²) in [6.07, 6.45) is 6.87. The molecular weight excluding hydrogens is 472 g/mol. The fraction of sp³-hybridized carbons (Fsp3) is 0.414. The Morgan fingerprint density at radius 2 is 1.86 bits per heavy atom. The molecule has 0 bridgehead atoms. The van der Waals surface area contributed by atoms with Gasteiger partial charge < -0.3 is 15.0 Å². The monoisotopic (exact) mass is 506 g/mol. The van der Waals surface area contributed by atoms with E-state index >= 15 is 0 Å². The Balaban J connectivity index is 0.000000187. The fourth-order valence-corrected chi connectivity index (χ4v) is 4.86. The SMILES string of the molecule is CC1CCC(CNC(=O)C2=Cc3cc(Cl)ccc3OC2)CC1.Cc1nc(N(C)C)c2ccccc2n1. The first kappa shape index (κ1) is 26.0. The molecule has 1 fully saturated rings. The first-order chi connectivity index (χ1) is 17.3. The third-order valence-electron chi connectivity index (χ3n) is 6.78. The van der Waals surface area contributed by atoms with Crippen molar-refractivity contribution >= 4 is 40.3 Å². The number of fused-ring (bicyclic) bond motifs is 2. The Labute approximate surface area is 218 Å². The summed E-state index contributed by atoms with van der Waals surface area (Å²) in [7, 11) is 3.99. The largest absolute Gasteiger partial charge is 0.488 e. The summed E-state index contributed by atoms with van der Waals surface area (Å²) < 4.78 is 5.63. The maximum absolute atomic E-state index is 12.3. The highest BCUT2D eigenvalue weighted by atomic mass is 35.5. The number of nitrogens with zero attached hydrogens (tertiary/aromatic N) is 3. The summed E-state index contributed by atoms with van der Waals surface area (Å²) in [5.41, 5.74) is 2.54. The molecule has 190 valence electrons. The molecule has 5 rings (SSSR count). The second-order valence-electron chi connectivity index (χ2n) is 9.98. The molecule has 1 N–H and O–H groups in total. The van der Waals surface area contributed by atoms with Crippen LogP contribution in [0.2, 0.25) is 5.02 Å². The van der Waals surface area contributed by atoms with Gasteiger partial charge in [0.15, 0.2) is 0 Å². The lowest BCUT2D eigenvalue weighted by atomic mass is 9.83. The van der Waals surface area contributed by atoms with E-state index in [1.165, 1.54) is 25.7 Å². The molecule has 2 aromatic carbocycles. The van der Waals surface area contributed by atoms with Crippen LogP contribution < -0.4 is 15.0 Å². The summed E-state index contributed by atoms with van der Waals surface area (Å²) in [5.74, 6) is 4.00. The zero-order valence-corrected chi connectivity index (χ0v) is 22.3. The molecule has 6 nitrogen and oxygen atoms in total. The molecule has 7 heteroatoms. The lowest BCUT2D eigenvalue weighted by Gasteiger charge is -2.26. The van der Waals surface area contributed by atoms with Crippen LogP contribution in [0.1, 0.15) is 44.0 Å². The van der Waals surface area contributed by atoms with Gasteiger partial charge >= 0.3 is 0 Å². The van der Waals surface area contributed by atoms with E-state index < -0.39 is 0 Å². The highest BCUT2D eigenvalue weighted by molar-refractivity contribution is 6.30. The van der Waals surface area contributed by atoms with E-state index in [9.17, 15) is 4.79 Å². The van der Waals surface area contributed by atoms with Crippen LogP contribution in [0.25, 0.3) is 17.0 Å². The Morgan fingerprint density at radius 3 is 2.61 bits per heavy atom. The van der Waals surface area contributed by atoms with Crippen LogP contribution in [0.15, 0.2) is 48.0 Å². The van der Waals surface area contributed by atoms with E-state index in [-0.39, 0.29) is 5.91 Å². The molecule has 3 aromatic rings. The molecule has 1 aromatic heterocycles. The van der Waals surface area contributed by atoms with Crippen molar-refractivity contribution < 1.29 is 9.53 Å². The third-order valence-corrected chi connectivity index (χ3v) is 7.02. The van der Waals surface area contributed by atoms with E-state index in [0.717, 1.165) is 46.3 Å². The smallest absolute Gasteiger partial charge is 0.250 e. The topological polar surface area (TPSA) is 67.3 Å². The Bertz CT molecular complexity index is 1250. The highest BCUT2D eigenvalue weighted by Gasteiger charge is 2.21. The van der Waals surface area contributed by atoms with Gasteiger partial charge in [-0.2, -0.15) is 0 Å². The Hall–Kier alpha value is -3.12. The van der Waals surface area contributed by atoms with Crippen molar-refractivity contribution in [2.75, 3.05) is 32.1 Å². The second kappa shape index (κ2) is 11.7. The number of anilines is 1. The molecule has 2 heterocycles. The molecule has 0 atom stereocenters. The molecule has 2 aliphatic rings. The van der Waals surface area contributed by atoms with Crippen molar-refractivity contribution in [2.45, 2.75) is 39.5 Å². The molecule has 36 heavy (non-hydrogen) atoms. The summed E-state index contributed by atoms with van der Waals surface area (Å²) >= 11 is 5.99. The number of amides is 1. The van der Waals surface area contributed by atoms with Crippen LogP contribution in [0, 0.1) is 18.8 Å². The minimum Gasteiger partial charge on any atom is -0.488 e. The minimum absolute atomic E-state index is 0.0238. The maximum Gasteiger partial charge on any atom is 0.250 e. The van der Waals surface area contributed by atoms with Gasteiger partial charge in [0.05, 0.1) is 11.1 Å². The van der Waals surface area contributed by atoms with Crippen LogP contribution in [0.5, 0.6) is 5.75 Å². The van der Waals surface area contributed by atoms with Gasteiger partial charge in [-0.25, -0.2) is 9.97 Å². The van der Waals surface area contributed by atoms with Gasteiger partial charge in [-0.3, -0.25) is 4.79 Å². The van der Waals surface area contributed by atoms with Crippen molar-refractivity contribution in [1.29, 1.82) is 0 Å². The number of para-hydroxylation sites is 1. The number of aromatic nitrogens is 2. The first-order valence-corrected chi connectivity index (χ1v) is 13.0. The average molecular weight is 507 g/mol. The van der Waals surface area contributed by atoms with Crippen molar-refractivity contribution in [3.05, 3.63) is 64.4 Å². The molecule has 1 amide bonds. The predicted octanol–water partition coefficient (Wildman–Crippen LogP) is 6.06. The van der Waals surface area contributed by atoms with Gasteiger partial charge in [-0.1, -0.05) is 43.5 Å². The molecule has 0 spiro atoms. The maximum atomic E-state index is 12.3. The minimum atomic E-state index is -0.0238.